The topological polar surface area (TPSA) is 30.5 Å². The summed E-state index contributed by atoms with van der Waals surface area (Å²) < 4.78 is 11.4. The molecule has 3 aromatic rings. The summed E-state index contributed by atoms with van der Waals surface area (Å²) in [6, 6.07) is 19.5. The summed E-state index contributed by atoms with van der Waals surface area (Å²) in [5.74, 6) is 1.04. The van der Waals surface area contributed by atoms with Gasteiger partial charge in [0.15, 0.2) is 11.5 Å². The van der Waals surface area contributed by atoms with Crippen LogP contribution in [0.5, 0.6) is 11.5 Å². The van der Waals surface area contributed by atoms with E-state index in [-0.39, 0.29) is 6.61 Å². The molecule has 1 N–H and O–H groups in total. The van der Waals surface area contributed by atoms with Gasteiger partial charge in [0.25, 0.3) is 0 Å². The highest BCUT2D eigenvalue weighted by atomic mass is 35.5. The fourth-order valence-corrected chi connectivity index (χ4v) is 3.73. The van der Waals surface area contributed by atoms with Crippen LogP contribution in [0.2, 0.25) is 15.1 Å². The van der Waals surface area contributed by atoms with Gasteiger partial charge >= 0.3 is 0 Å². The Kier molecular flexibility index (Phi) is 8.08. The quantitative estimate of drug-likeness (QED) is 0.374. The fraction of sp³-hybridized carbons (Fsp3) is 0.217. The van der Waals surface area contributed by atoms with Gasteiger partial charge in [-0.3, -0.25) is 0 Å². The van der Waals surface area contributed by atoms with E-state index in [2.05, 4.69) is 29.6 Å². The van der Waals surface area contributed by atoms with Crippen LogP contribution in [0.15, 0.2) is 60.7 Å². The second kappa shape index (κ2) is 10.7. The zero-order valence-corrected chi connectivity index (χ0v) is 18.3. The van der Waals surface area contributed by atoms with Crippen molar-refractivity contribution in [3.63, 3.8) is 0 Å². The molecule has 3 aromatic carbocycles. The van der Waals surface area contributed by atoms with Crippen LogP contribution in [0.4, 0.5) is 0 Å². The van der Waals surface area contributed by atoms with E-state index < -0.39 is 0 Å². The standard InChI is InChI=1S/C23H22Cl3NO2/c1-28-22-13-17(14-27-11-10-16-6-3-2-4-7-16)12-21(26)23(22)29-15-18-19(24)8-5-9-20(18)25/h2-9,12-13,27H,10-11,14-15H2,1H3. The van der Waals surface area contributed by atoms with Crippen LogP contribution in [-0.2, 0) is 19.6 Å². The average Bonchev–Trinajstić information content (AvgIpc) is 2.72. The van der Waals surface area contributed by atoms with Crippen LogP contribution >= 0.6 is 34.8 Å². The monoisotopic (exact) mass is 449 g/mol. The van der Waals surface area contributed by atoms with E-state index in [4.69, 9.17) is 44.3 Å². The Morgan fingerprint density at radius 2 is 1.55 bits per heavy atom. The summed E-state index contributed by atoms with van der Waals surface area (Å²) in [4.78, 5) is 0. The molecule has 6 heteroatoms. The molecule has 0 aliphatic carbocycles. The van der Waals surface area contributed by atoms with Gasteiger partial charge in [0, 0.05) is 22.2 Å². The lowest BCUT2D eigenvalue weighted by Gasteiger charge is -2.15. The summed E-state index contributed by atoms with van der Waals surface area (Å²) in [5, 5.41) is 5.01. The first-order valence-electron chi connectivity index (χ1n) is 9.25. The van der Waals surface area contributed by atoms with Crippen molar-refractivity contribution in [1.82, 2.24) is 5.32 Å². The molecule has 0 heterocycles. The molecule has 3 nitrogen and oxygen atoms in total. The van der Waals surface area contributed by atoms with Crippen molar-refractivity contribution in [3.05, 3.63) is 92.4 Å². The van der Waals surface area contributed by atoms with Gasteiger partial charge in [-0.05, 0) is 48.4 Å². The second-order valence-electron chi connectivity index (χ2n) is 6.51. The van der Waals surface area contributed by atoms with Crippen LogP contribution in [0.25, 0.3) is 0 Å². The molecule has 29 heavy (non-hydrogen) atoms. The van der Waals surface area contributed by atoms with Crippen LogP contribution in [0.3, 0.4) is 0 Å². The molecule has 0 aliphatic rings. The average molecular weight is 451 g/mol. The maximum Gasteiger partial charge on any atom is 0.180 e. The Labute approximate surface area is 186 Å². The largest absolute Gasteiger partial charge is 0.493 e. The van der Waals surface area contributed by atoms with Gasteiger partial charge < -0.3 is 14.8 Å². The Bertz CT molecular complexity index is 928. The summed E-state index contributed by atoms with van der Waals surface area (Å²) in [6.45, 7) is 1.75. The maximum atomic E-state index is 6.47. The minimum Gasteiger partial charge on any atom is -0.493 e. The van der Waals surface area contributed by atoms with Gasteiger partial charge in [0.1, 0.15) is 6.61 Å². The molecule has 0 fully saturated rings. The third-order valence-corrected chi connectivity index (χ3v) is 5.46. The third kappa shape index (κ3) is 6.03. The molecule has 3 rings (SSSR count). The third-order valence-electron chi connectivity index (χ3n) is 4.47. The number of methoxy groups -OCH3 is 1. The number of hydrogen-bond donors (Lipinski definition) is 1. The molecule has 0 bridgehead atoms. The van der Waals surface area contributed by atoms with E-state index >= 15 is 0 Å². The zero-order chi connectivity index (χ0) is 20.6. The highest BCUT2D eigenvalue weighted by molar-refractivity contribution is 6.36. The molecule has 0 amide bonds. The molecule has 0 aliphatic heterocycles. The van der Waals surface area contributed by atoms with Gasteiger partial charge in [-0.2, -0.15) is 0 Å². The van der Waals surface area contributed by atoms with Crippen molar-refractivity contribution in [3.8, 4) is 11.5 Å². The molecule has 0 atom stereocenters. The number of rotatable bonds is 9. The maximum absolute atomic E-state index is 6.47. The summed E-state index contributed by atoms with van der Waals surface area (Å²) >= 11 is 18.9. The predicted octanol–water partition coefficient (Wildman–Crippen LogP) is 6.57. The summed E-state index contributed by atoms with van der Waals surface area (Å²) in [7, 11) is 1.59. The van der Waals surface area contributed by atoms with Gasteiger partial charge in [-0.15, -0.1) is 0 Å². The smallest absolute Gasteiger partial charge is 0.180 e. The van der Waals surface area contributed by atoms with Crippen molar-refractivity contribution in [2.75, 3.05) is 13.7 Å². The number of benzene rings is 3. The predicted molar refractivity (Wildman–Crippen MR) is 121 cm³/mol. The lowest BCUT2D eigenvalue weighted by Crippen LogP contribution is -2.16. The Morgan fingerprint density at radius 1 is 0.828 bits per heavy atom. The zero-order valence-electron chi connectivity index (χ0n) is 16.1. The van der Waals surface area contributed by atoms with Crippen molar-refractivity contribution in [2.24, 2.45) is 0 Å². The molecule has 0 radical (unpaired) electrons. The molecular weight excluding hydrogens is 429 g/mol. The second-order valence-corrected chi connectivity index (χ2v) is 7.73. The lowest BCUT2D eigenvalue weighted by molar-refractivity contribution is 0.284. The highest BCUT2D eigenvalue weighted by Gasteiger charge is 2.14. The molecule has 0 aromatic heterocycles. The number of nitrogens with one attached hydrogen (secondary N) is 1. The van der Waals surface area contributed by atoms with Crippen molar-refractivity contribution < 1.29 is 9.47 Å². The fourth-order valence-electron chi connectivity index (χ4n) is 2.94. The van der Waals surface area contributed by atoms with Crippen LogP contribution in [-0.4, -0.2) is 13.7 Å². The molecule has 0 spiro atoms. The molecular formula is C23H22Cl3NO2. The minimum absolute atomic E-state index is 0.198. The number of ether oxygens (including phenoxy) is 2. The van der Waals surface area contributed by atoms with Crippen molar-refractivity contribution >= 4 is 34.8 Å². The Balaban J connectivity index is 1.62. The van der Waals surface area contributed by atoms with Crippen LogP contribution in [0.1, 0.15) is 16.7 Å². The summed E-state index contributed by atoms with van der Waals surface area (Å²) in [6.07, 6.45) is 0.964. The highest BCUT2D eigenvalue weighted by Crippen LogP contribution is 2.38. The minimum atomic E-state index is 0.198. The van der Waals surface area contributed by atoms with E-state index in [1.807, 2.05) is 18.2 Å². The Morgan fingerprint density at radius 3 is 2.24 bits per heavy atom. The van der Waals surface area contributed by atoms with E-state index in [9.17, 15) is 0 Å². The molecule has 0 saturated carbocycles. The molecule has 152 valence electrons. The lowest BCUT2D eigenvalue weighted by atomic mass is 10.1. The van der Waals surface area contributed by atoms with E-state index in [0.717, 1.165) is 18.5 Å². The first-order valence-corrected chi connectivity index (χ1v) is 10.4. The van der Waals surface area contributed by atoms with Crippen molar-refractivity contribution in [1.29, 1.82) is 0 Å². The normalized spacial score (nSPS) is 10.8. The van der Waals surface area contributed by atoms with E-state index in [1.54, 1.807) is 25.3 Å². The van der Waals surface area contributed by atoms with Crippen LogP contribution < -0.4 is 14.8 Å². The Hall–Kier alpha value is -1.91. The number of hydrogen-bond acceptors (Lipinski definition) is 3. The van der Waals surface area contributed by atoms with Crippen molar-refractivity contribution in [2.45, 2.75) is 19.6 Å². The SMILES string of the molecule is COc1cc(CNCCc2ccccc2)cc(Cl)c1OCc1c(Cl)cccc1Cl. The van der Waals surface area contributed by atoms with Gasteiger partial charge in [0.2, 0.25) is 0 Å². The number of halogens is 3. The van der Waals surface area contributed by atoms with E-state index in [1.165, 1.54) is 5.56 Å². The van der Waals surface area contributed by atoms with Gasteiger partial charge in [-0.1, -0.05) is 71.2 Å². The van der Waals surface area contributed by atoms with Crippen LogP contribution in [0, 0.1) is 0 Å². The van der Waals surface area contributed by atoms with Gasteiger partial charge in [-0.25, -0.2) is 0 Å². The van der Waals surface area contributed by atoms with Gasteiger partial charge in [0.05, 0.1) is 12.1 Å². The molecule has 0 unspecified atom stereocenters. The summed E-state index contributed by atoms with van der Waals surface area (Å²) in [5.41, 5.74) is 3.03. The first-order chi connectivity index (χ1) is 14.1. The molecule has 0 saturated heterocycles. The van der Waals surface area contributed by atoms with E-state index in [0.29, 0.717) is 38.7 Å². The first kappa shape index (κ1) is 21.8.